The largest absolute Gasteiger partial charge is 0.269 e. The molecule has 0 spiro atoms. The minimum absolute atomic E-state index is 0.474. The van der Waals surface area contributed by atoms with E-state index in [2.05, 4.69) is 18.1 Å². The quantitative estimate of drug-likeness (QED) is 0.708. The molecule has 0 aliphatic heterocycles. The van der Waals surface area contributed by atoms with Crippen molar-refractivity contribution in [3.8, 4) is 6.07 Å². The second-order valence-corrected chi connectivity index (χ2v) is 3.21. The minimum atomic E-state index is 0.474. The molecular formula is C10H15N3. The van der Waals surface area contributed by atoms with Crippen LogP contribution in [0.5, 0.6) is 0 Å². The topological polar surface area (TPSA) is 41.6 Å². The van der Waals surface area contributed by atoms with E-state index < -0.39 is 0 Å². The molecule has 3 nitrogen and oxygen atoms in total. The summed E-state index contributed by atoms with van der Waals surface area (Å²) in [4.78, 5) is 0. The maximum absolute atomic E-state index is 8.62. The zero-order valence-electron chi connectivity index (χ0n) is 8.46. The van der Waals surface area contributed by atoms with Gasteiger partial charge in [0.25, 0.3) is 0 Å². The van der Waals surface area contributed by atoms with Gasteiger partial charge in [-0.3, -0.25) is 4.68 Å². The first kappa shape index (κ1) is 9.79. The van der Waals surface area contributed by atoms with E-state index in [1.165, 1.54) is 0 Å². The lowest BCUT2D eigenvalue weighted by Gasteiger charge is -2.00. The van der Waals surface area contributed by atoms with Gasteiger partial charge >= 0.3 is 0 Å². The van der Waals surface area contributed by atoms with E-state index in [0.717, 1.165) is 29.9 Å². The molecule has 0 aromatic carbocycles. The van der Waals surface area contributed by atoms with E-state index in [1.807, 2.05) is 18.5 Å². The Labute approximate surface area is 79.0 Å². The zero-order chi connectivity index (χ0) is 9.84. The van der Waals surface area contributed by atoms with Crippen molar-refractivity contribution in [3.63, 3.8) is 0 Å². The number of aromatic nitrogens is 2. The Morgan fingerprint density at radius 2 is 2.15 bits per heavy atom. The van der Waals surface area contributed by atoms with Gasteiger partial charge in [-0.15, -0.1) is 0 Å². The van der Waals surface area contributed by atoms with Gasteiger partial charge in [0.05, 0.1) is 18.2 Å². The Bertz CT molecular complexity index is 331. The molecule has 0 N–H and O–H groups in total. The number of hydrogen-bond acceptors (Lipinski definition) is 2. The molecule has 0 unspecified atom stereocenters. The van der Waals surface area contributed by atoms with Crippen LogP contribution in [0.15, 0.2) is 0 Å². The summed E-state index contributed by atoms with van der Waals surface area (Å²) in [6.07, 6.45) is 1.55. The summed E-state index contributed by atoms with van der Waals surface area (Å²) in [5.41, 5.74) is 3.23. The van der Waals surface area contributed by atoms with Crippen molar-refractivity contribution >= 4 is 0 Å². The second-order valence-electron chi connectivity index (χ2n) is 3.21. The van der Waals surface area contributed by atoms with Crippen LogP contribution in [-0.4, -0.2) is 9.78 Å². The fraction of sp³-hybridized carbons (Fsp3) is 0.600. The van der Waals surface area contributed by atoms with Crippen LogP contribution in [0.25, 0.3) is 0 Å². The molecule has 1 aromatic rings. The first-order valence-electron chi connectivity index (χ1n) is 4.60. The van der Waals surface area contributed by atoms with Crippen LogP contribution >= 0.6 is 0 Å². The molecule has 70 valence electrons. The maximum Gasteiger partial charge on any atom is 0.0671 e. The second kappa shape index (κ2) is 4.08. The summed E-state index contributed by atoms with van der Waals surface area (Å²) in [5, 5.41) is 13.0. The van der Waals surface area contributed by atoms with Gasteiger partial charge in [0.2, 0.25) is 0 Å². The third kappa shape index (κ3) is 1.89. The summed E-state index contributed by atoms with van der Waals surface area (Å²) in [6, 6.07) is 2.17. The zero-order valence-corrected chi connectivity index (χ0v) is 8.46. The van der Waals surface area contributed by atoms with Crippen LogP contribution in [0.1, 0.15) is 30.3 Å². The lowest BCUT2D eigenvalue weighted by Crippen LogP contribution is -2.01. The van der Waals surface area contributed by atoms with Gasteiger partial charge in [0.15, 0.2) is 0 Å². The van der Waals surface area contributed by atoms with E-state index >= 15 is 0 Å². The third-order valence-corrected chi connectivity index (χ3v) is 2.22. The third-order valence-electron chi connectivity index (χ3n) is 2.22. The van der Waals surface area contributed by atoms with Crippen molar-refractivity contribution in [1.82, 2.24) is 9.78 Å². The molecule has 0 saturated heterocycles. The van der Waals surface area contributed by atoms with Crippen molar-refractivity contribution < 1.29 is 0 Å². The van der Waals surface area contributed by atoms with E-state index in [4.69, 9.17) is 5.26 Å². The number of rotatable bonds is 3. The van der Waals surface area contributed by atoms with Crippen LogP contribution in [0.3, 0.4) is 0 Å². The first-order valence-corrected chi connectivity index (χ1v) is 4.60. The van der Waals surface area contributed by atoms with Gasteiger partial charge in [0.1, 0.15) is 0 Å². The Morgan fingerprint density at radius 1 is 1.46 bits per heavy atom. The molecule has 0 radical (unpaired) electrons. The number of nitriles is 1. The van der Waals surface area contributed by atoms with Crippen molar-refractivity contribution in [2.75, 3.05) is 0 Å². The first-order chi connectivity index (χ1) is 6.20. The van der Waals surface area contributed by atoms with E-state index in [1.54, 1.807) is 0 Å². The molecule has 0 aliphatic rings. The molecule has 1 heterocycles. The average molecular weight is 177 g/mol. The standard InChI is InChI=1S/C10H15N3/c1-4-7-13-9(3)10(5-6-11)8(2)12-13/h4-5,7H2,1-3H3. The van der Waals surface area contributed by atoms with Gasteiger partial charge in [0, 0.05) is 17.8 Å². The SMILES string of the molecule is CCCn1nc(C)c(CC#N)c1C. The van der Waals surface area contributed by atoms with E-state index in [9.17, 15) is 0 Å². The minimum Gasteiger partial charge on any atom is -0.269 e. The Hall–Kier alpha value is -1.30. The smallest absolute Gasteiger partial charge is 0.0671 e. The van der Waals surface area contributed by atoms with Crippen LogP contribution in [0, 0.1) is 25.2 Å². The molecule has 1 aromatic heterocycles. The highest BCUT2D eigenvalue weighted by molar-refractivity contribution is 5.27. The van der Waals surface area contributed by atoms with E-state index in [-0.39, 0.29) is 0 Å². The highest BCUT2D eigenvalue weighted by Gasteiger charge is 2.09. The lowest BCUT2D eigenvalue weighted by atomic mass is 10.1. The van der Waals surface area contributed by atoms with Crippen molar-refractivity contribution in [1.29, 1.82) is 5.26 Å². The fourth-order valence-corrected chi connectivity index (χ4v) is 1.50. The van der Waals surface area contributed by atoms with Gasteiger partial charge in [-0.2, -0.15) is 10.4 Å². The molecule has 0 bridgehead atoms. The summed E-state index contributed by atoms with van der Waals surface area (Å²) in [5.74, 6) is 0. The summed E-state index contributed by atoms with van der Waals surface area (Å²) in [6.45, 7) is 7.06. The van der Waals surface area contributed by atoms with Gasteiger partial charge in [-0.25, -0.2) is 0 Å². The van der Waals surface area contributed by atoms with Crippen molar-refractivity contribution in [3.05, 3.63) is 17.0 Å². The molecule has 1 rings (SSSR count). The molecular weight excluding hydrogens is 162 g/mol. The monoisotopic (exact) mass is 177 g/mol. The maximum atomic E-state index is 8.62. The predicted octanol–water partition coefficient (Wildman–Crippen LogP) is 1.98. The Balaban J connectivity index is 3.01. The van der Waals surface area contributed by atoms with Gasteiger partial charge in [-0.05, 0) is 20.3 Å². The van der Waals surface area contributed by atoms with Crippen molar-refractivity contribution in [2.24, 2.45) is 0 Å². The molecule has 13 heavy (non-hydrogen) atoms. The van der Waals surface area contributed by atoms with Gasteiger partial charge in [-0.1, -0.05) is 6.92 Å². The molecule has 0 atom stereocenters. The van der Waals surface area contributed by atoms with E-state index in [0.29, 0.717) is 6.42 Å². The molecule has 0 amide bonds. The molecule has 0 fully saturated rings. The average Bonchev–Trinajstić information content (AvgIpc) is 2.34. The summed E-state index contributed by atoms with van der Waals surface area (Å²) in [7, 11) is 0. The summed E-state index contributed by atoms with van der Waals surface area (Å²) < 4.78 is 1.99. The Kier molecular flexibility index (Phi) is 3.07. The molecule has 0 aliphatic carbocycles. The van der Waals surface area contributed by atoms with Crippen LogP contribution < -0.4 is 0 Å². The fourth-order valence-electron chi connectivity index (χ4n) is 1.50. The van der Waals surface area contributed by atoms with Gasteiger partial charge < -0.3 is 0 Å². The van der Waals surface area contributed by atoms with Crippen molar-refractivity contribution in [2.45, 2.75) is 40.2 Å². The number of aryl methyl sites for hydroxylation is 2. The van der Waals surface area contributed by atoms with Crippen LogP contribution in [-0.2, 0) is 13.0 Å². The summed E-state index contributed by atoms with van der Waals surface area (Å²) >= 11 is 0. The normalized spacial score (nSPS) is 10.0. The Morgan fingerprint density at radius 3 is 2.69 bits per heavy atom. The molecule has 3 heteroatoms. The highest BCUT2D eigenvalue weighted by Crippen LogP contribution is 2.13. The highest BCUT2D eigenvalue weighted by atomic mass is 15.3. The number of nitrogens with zero attached hydrogens (tertiary/aromatic N) is 3. The lowest BCUT2D eigenvalue weighted by molar-refractivity contribution is 0.583. The molecule has 0 saturated carbocycles. The van der Waals surface area contributed by atoms with Crippen LogP contribution in [0.2, 0.25) is 0 Å². The number of hydrogen-bond donors (Lipinski definition) is 0. The van der Waals surface area contributed by atoms with Crippen LogP contribution in [0.4, 0.5) is 0 Å². The predicted molar refractivity (Wildman–Crippen MR) is 51.3 cm³/mol.